The zero-order valence-corrected chi connectivity index (χ0v) is 17.8. The maximum atomic E-state index is 13.5. The van der Waals surface area contributed by atoms with Crippen molar-refractivity contribution < 1.29 is 12.8 Å². The van der Waals surface area contributed by atoms with Gasteiger partial charge in [0.15, 0.2) is 0 Å². The molecule has 0 aliphatic carbocycles. The van der Waals surface area contributed by atoms with Gasteiger partial charge in [0, 0.05) is 36.6 Å². The van der Waals surface area contributed by atoms with E-state index >= 15 is 0 Å². The molecule has 2 heterocycles. The Balaban J connectivity index is 1.73. The molecule has 6 nitrogen and oxygen atoms in total. The molecule has 4 rings (SSSR count). The number of H-pyrrole nitrogens is 1. The van der Waals surface area contributed by atoms with Gasteiger partial charge in [0.05, 0.1) is 11.4 Å². The van der Waals surface area contributed by atoms with Crippen LogP contribution in [0.25, 0.3) is 10.9 Å². The van der Waals surface area contributed by atoms with Gasteiger partial charge in [-0.3, -0.25) is 4.68 Å². The van der Waals surface area contributed by atoms with Gasteiger partial charge in [0.2, 0.25) is 10.0 Å². The Kier molecular flexibility index (Phi) is 5.21. The van der Waals surface area contributed by atoms with Crippen molar-refractivity contribution in [3.05, 3.63) is 83.1 Å². The molecule has 30 heavy (non-hydrogen) atoms. The summed E-state index contributed by atoms with van der Waals surface area (Å²) in [5.74, 6) is -0.632. The highest BCUT2D eigenvalue weighted by Gasteiger charge is 2.26. The summed E-state index contributed by atoms with van der Waals surface area (Å²) >= 11 is 0. The fourth-order valence-corrected chi connectivity index (χ4v) is 5.37. The molecule has 0 bridgehead atoms. The zero-order chi connectivity index (χ0) is 21.5. The molecule has 0 spiro atoms. The molecule has 8 heteroatoms. The quantitative estimate of drug-likeness (QED) is 0.493. The SMILES string of the molecule is Cc1nn(C)c(C)c1S(=O)(=O)NC[C@H](c1ccc(F)cc1)c1c[nH]c2ccccc12. The largest absolute Gasteiger partial charge is 0.361 e. The lowest BCUT2D eigenvalue weighted by atomic mass is 9.91. The average molecular weight is 427 g/mol. The number of benzene rings is 2. The number of halogens is 1. The van der Waals surface area contributed by atoms with Crippen LogP contribution in [-0.2, 0) is 17.1 Å². The molecule has 1 atom stereocenters. The molecule has 0 saturated heterocycles. The second-order valence-corrected chi connectivity index (χ2v) is 9.07. The summed E-state index contributed by atoms with van der Waals surface area (Å²) in [6.07, 6.45) is 1.88. The van der Waals surface area contributed by atoms with E-state index in [1.807, 2.05) is 30.5 Å². The van der Waals surface area contributed by atoms with E-state index in [-0.39, 0.29) is 23.2 Å². The first-order chi connectivity index (χ1) is 14.3. The van der Waals surface area contributed by atoms with Crippen LogP contribution in [0, 0.1) is 19.7 Å². The normalized spacial score (nSPS) is 13.1. The molecular weight excluding hydrogens is 403 g/mol. The van der Waals surface area contributed by atoms with Crippen molar-refractivity contribution in [2.75, 3.05) is 6.54 Å². The van der Waals surface area contributed by atoms with Gasteiger partial charge in [-0.15, -0.1) is 0 Å². The summed E-state index contributed by atoms with van der Waals surface area (Å²) < 4.78 is 44.0. The van der Waals surface area contributed by atoms with Gasteiger partial charge in [-0.05, 0) is 43.2 Å². The minimum Gasteiger partial charge on any atom is -0.361 e. The second kappa shape index (κ2) is 7.70. The number of sulfonamides is 1. The predicted molar refractivity (Wildman–Crippen MR) is 114 cm³/mol. The Morgan fingerprint density at radius 2 is 1.83 bits per heavy atom. The smallest absolute Gasteiger partial charge is 0.244 e. The Hall–Kier alpha value is -2.97. The number of fused-ring (bicyclic) bond motifs is 1. The number of hydrogen-bond donors (Lipinski definition) is 2. The van der Waals surface area contributed by atoms with Gasteiger partial charge in [-0.25, -0.2) is 17.5 Å². The van der Waals surface area contributed by atoms with E-state index in [0.717, 1.165) is 22.0 Å². The first kappa shape index (κ1) is 20.3. The van der Waals surface area contributed by atoms with Gasteiger partial charge >= 0.3 is 0 Å². The number of nitrogens with one attached hydrogen (secondary N) is 2. The molecular formula is C22H23FN4O2S. The van der Waals surface area contributed by atoms with Crippen molar-refractivity contribution in [1.82, 2.24) is 19.5 Å². The van der Waals surface area contributed by atoms with Crippen LogP contribution < -0.4 is 4.72 Å². The van der Waals surface area contributed by atoms with E-state index < -0.39 is 10.0 Å². The molecule has 0 aliphatic rings. The van der Waals surface area contributed by atoms with Crippen molar-refractivity contribution in [1.29, 1.82) is 0 Å². The van der Waals surface area contributed by atoms with Gasteiger partial charge in [0.25, 0.3) is 0 Å². The van der Waals surface area contributed by atoms with E-state index in [1.54, 1.807) is 37.7 Å². The van der Waals surface area contributed by atoms with Crippen LogP contribution >= 0.6 is 0 Å². The van der Waals surface area contributed by atoms with Crippen LogP contribution in [-0.4, -0.2) is 29.7 Å². The molecule has 0 aliphatic heterocycles. The Labute approximate surface area is 174 Å². The van der Waals surface area contributed by atoms with Crippen LogP contribution in [0.5, 0.6) is 0 Å². The first-order valence-electron chi connectivity index (χ1n) is 9.59. The summed E-state index contributed by atoms with van der Waals surface area (Å²) in [7, 11) is -2.06. The van der Waals surface area contributed by atoms with E-state index in [4.69, 9.17) is 0 Å². The number of para-hydroxylation sites is 1. The summed E-state index contributed by atoms with van der Waals surface area (Å²) in [6.45, 7) is 3.54. The van der Waals surface area contributed by atoms with E-state index in [1.165, 1.54) is 12.1 Å². The summed E-state index contributed by atoms with van der Waals surface area (Å²) in [6, 6.07) is 14.0. The number of aromatic nitrogens is 3. The van der Waals surface area contributed by atoms with Crippen molar-refractivity contribution >= 4 is 20.9 Å². The molecule has 4 aromatic rings. The standard InChI is InChI=1S/C22H23FN4O2S/c1-14-22(15(2)27(3)26-14)30(28,29)25-13-19(16-8-10-17(23)11-9-16)20-12-24-21-7-5-4-6-18(20)21/h4-12,19,24-25H,13H2,1-3H3/t19-/m1/s1. The predicted octanol–water partition coefficient (Wildman–Crippen LogP) is 3.77. The summed E-state index contributed by atoms with van der Waals surface area (Å²) in [4.78, 5) is 3.43. The van der Waals surface area contributed by atoms with Crippen LogP contribution in [0.2, 0.25) is 0 Å². The lowest BCUT2D eigenvalue weighted by Gasteiger charge is -2.18. The molecule has 156 valence electrons. The van der Waals surface area contributed by atoms with Gasteiger partial charge in [0.1, 0.15) is 10.7 Å². The number of aryl methyl sites for hydroxylation is 2. The van der Waals surface area contributed by atoms with E-state index in [2.05, 4.69) is 14.8 Å². The fourth-order valence-electron chi connectivity index (χ4n) is 3.89. The highest BCUT2D eigenvalue weighted by molar-refractivity contribution is 7.89. The van der Waals surface area contributed by atoms with Crippen molar-refractivity contribution in [3.8, 4) is 0 Å². The second-order valence-electron chi connectivity index (χ2n) is 7.37. The number of hydrogen-bond acceptors (Lipinski definition) is 3. The highest BCUT2D eigenvalue weighted by atomic mass is 32.2. The number of aromatic amines is 1. The third kappa shape index (κ3) is 3.64. The zero-order valence-electron chi connectivity index (χ0n) is 17.0. The minimum absolute atomic E-state index is 0.129. The maximum absolute atomic E-state index is 13.5. The van der Waals surface area contributed by atoms with Gasteiger partial charge in [-0.1, -0.05) is 30.3 Å². The molecule has 0 unspecified atom stereocenters. The summed E-state index contributed by atoms with van der Waals surface area (Å²) in [5, 5.41) is 5.21. The molecule has 2 aromatic carbocycles. The van der Waals surface area contributed by atoms with Crippen molar-refractivity contribution in [3.63, 3.8) is 0 Å². The topological polar surface area (TPSA) is 79.8 Å². The monoisotopic (exact) mass is 426 g/mol. The van der Waals surface area contributed by atoms with Crippen LogP contribution in [0.1, 0.15) is 28.4 Å². The Bertz CT molecular complexity index is 1310. The van der Waals surface area contributed by atoms with E-state index in [9.17, 15) is 12.8 Å². The Morgan fingerprint density at radius 3 is 2.50 bits per heavy atom. The molecule has 0 saturated carbocycles. The molecule has 0 amide bonds. The molecule has 2 aromatic heterocycles. The lowest BCUT2D eigenvalue weighted by molar-refractivity contribution is 0.575. The van der Waals surface area contributed by atoms with Gasteiger partial charge < -0.3 is 4.98 Å². The van der Waals surface area contributed by atoms with Crippen LogP contribution in [0.4, 0.5) is 4.39 Å². The van der Waals surface area contributed by atoms with Gasteiger partial charge in [-0.2, -0.15) is 5.10 Å². The Morgan fingerprint density at radius 1 is 1.13 bits per heavy atom. The fraction of sp³-hybridized carbons (Fsp3) is 0.227. The molecule has 2 N–H and O–H groups in total. The third-order valence-corrected chi connectivity index (χ3v) is 7.13. The lowest BCUT2D eigenvalue weighted by Crippen LogP contribution is -2.29. The average Bonchev–Trinajstić information content (AvgIpc) is 3.24. The highest BCUT2D eigenvalue weighted by Crippen LogP contribution is 2.31. The number of nitrogens with zero attached hydrogens (tertiary/aromatic N) is 2. The van der Waals surface area contributed by atoms with Crippen molar-refractivity contribution in [2.45, 2.75) is 24.7 Å². The van der Waals surface area contributed by atoms with Crippen LogP contribution in [0.3, 0.4) is 0 Å². The molecule has 0 radical (unpaired) electrons. The molecule has 0 fully saturated rings. The third-order valence-electron chi connectivity index (χ3n) is 5.46. The van der Waals surface area contributed by atoms with Crippen molar-refractivity contribution in [2.24, 2.45) is 7.05 Å². The first-order valence-corrected chi connectivity index (χ1v) is 11.1. The van der Waals surface area contributed by atoms with E-state index in [0.29, 0.717) is 11.4 Å². The summed E-state index contributed by atoms with van der Waals surface area (Å²) in [5.41, 5.74) is 3.75. The van der Waals surface area contributed by atoms with Crippen LogP contribution in [0.15, 0.2) is 59.6 Å². The minimum atomic E-state index is -3.77. The maximum Gasteiger partial charge on any atom is 0.244 e. The number of rotatable bonds is 6.